The molecule has 0 saturated heterocycles. The maximum atomic E-state index is 11.6. The lowest BCUT2D eigenvalue weighted by Gasteiger charge is -2.07. The summed E-state index contributed by atoms with van der Waals surface area (Å²) in [5.41, 5.74) is 6.64. The smallest absolute Gasteiger partial charge is 0.225 e. The number of nitrogen functional groups attached to an aromatic ring is 1. The number of sulfone groups is 1. The Hall–Kier alpha value is -1.56. The Balaban J connectivity index is 2.51. The monoisotopic (exact) mass is 270 g/mol. The highest BCUT2D eigenvalue weighted by molar-refractivity contribution is 7.91. The van der Waals surface area contributed by atoms with E-state index in [1.165, 1.54) is 0 Å². The molecule has 100 valence electrons. The summed E-state index contributed by atoms with van der Waals surface area (Å²) in [5, 5.41) is 2.60. The Labute approximate surface area is 107 Å². The normalized spacial score (nSPS) is 11.2. The van der Waals surface area contributed by atoms with Gasteiger partial charge in [-0.1, -0.05) is 19.1 Å². The van der Waals surface area contributed by atoms with E-state index in [0.717, 1.165) is 0 Å². The van der Waals surface area contributed by atoms with Gasteiger partial charge in [0.2, 0.25) is 5.91 Å². The van der Waals surface area contributed by atoms with E-state index in [4.69, 9.17) is 5.73 Å². The minimum Gasteiger partial charge on any atom is -0.397 e. The molecule has 6 heteroatoms. The molecule has 0 aliphatic carbocycles. The van der Waals surface area contributed by atoms with E-state index < -0.39 is 9.84 Å². The third-order valence-corrected chi connectivity index (χ3v) is 4.25. The average molecular weight is 270 g/mol. The van der Waals surface area contributed by atoms with Crippen LogP contribution in [0.5, 0.6) is 0 Å². The van der Waals surface area contributed by atoms with Crippen LogP contribution in [0.1, 0.15) is 19.8 Å². The second-order valence-corrected chi connectivity index (χ2v) is 6.34. The lowest BCUT2D eigenvalue weighted by molar-refractivity contribution is -0.115. The van der Waals surface area contributed by atoms with Gasteiger partial charge < -0.3 is 11.1 Å². The number of rotatable bonds is 6. The largest absolute Gasteiger partial charge is 0.397 e. The van der Waals surface area contributed by atoms with Gasteiger partial charge in [-0.05, 0) is 18.6 Å². The Morgan fingerprint density at radius 1 is 1.28 bits per heavy atom. The van der Waals surface area contributed by atoms with Crippen molar-refractivity contribution in [1.82, 2.24) is 0 Å². The van der Waals surface area contributed by atoms with E-state index in [1.807, 2.05) is 0 Å². The highest BCUT2D eigenvalue weighted by Crippen LogP contribution is 2.16. The SMILES string of the molecule is CCCS(=O)(=O)CCC(=O)Nc1ccccc1N. The first-order valence-corrected chi connectivity index (χ1v) is 7.61. The molecule has 0 fully saturated rings. The fraction of sp³-hybridized carbons (Fsp3) is 0.417. The molecule has 1 aromatic rings. The number of carbonyl (C=O) groups is 1. The van der Waals surface area contributed by atoms with E-state index in [-0.39, 0.29) is 23.8 Å². The highest BCUT2D eigenvalue weighted by Gasteiger charge is 2.13. The van der Waals surface area contributed by atoms with Crippen molar-refractivity contribution in [3.05, 3.63) is 24.3 Å². The van der Waals surface area contributed by atoms with Crippen molar-refractivity contribution in [2.75, 3.05) is 22.6 Å². The van der Waals surface area contributed by atoms with Crippen LogP contribution in [0.15, 0.2) is 24.3 Å². The van der Waals surface area contributed by atoms with Gasteiger partial charge in [-0.2, -0.15) is 0 Å². The molecule has 0 saturated carbocycles. The van der Waals surface area contributed by atoms with Crippen LogP contribution >= 0.6 is 0 Å². The number of nitrogens with two attached hydrogens (primary N) is 1. The van der Waals surface area contributed by atoms with Crippen LogP contribution in [-0.2, 0) is 14.6 Å². The molecule has 0 aliphatic heterocycles. The molecule has 0 heterocycles. The lowest BCUT2D eigenvalue weighted by atomic mass is 10.2. The maximum Gasteiger partial charge on any atom is 0.225 e. The number of hydrogen-bond donors (Lipinski definition) is 2. The molecule has 1 aromatic carbocycles. The number of benzene rings is 1. The van der Waals surface area contributed by atoms with Gasteiger partial charge in [-0.3, -0.25) is 4.79 Å². The Morgan fingerprint density at radius 2 is 1.94 bits per heavy atom. The van der Waals surface area contributed by atoms with Crippen molar-refractivity contribution in [2.24, 2.45) is 0 Å². The zero-order chi connectivity index (χ0) is 13.6. The summed E-state index contributed by atoms with van der Waals surface area (Å²) in [7, 11) is -3.12. The molecule has 0 aromatic heterocycles. The van der Waals surface area contributed by atoms with Crippen LogP contribution < -0.4 is 11.1 Å². The Morgan fingerprint density at radius 3 is 2.56 bits per heavy atom. The first-order chi connectivity index (χ1) is 8.44. The van der Waals surface area contributed by atoms with Crippen molar-refractivity contribution < 1.29 is 13.2 Å². The van der Waals surface area contributed by atoms with Gasteiger partial charge in [0.15, 0.2) is 9.84 Å². The third kappa shape index (κ3) is 4.75. The van der Waals surface area contributed by atoms with Gasteiger partial charge in [0.1, 0.15) is 0 Å². The predicted molar refractivity (Wildman–Crippen MR) is 73.0 cm³/mol. The molecule has 3 N–H and O–H groups in total. The molecule has 0 radical (unpaired) electrons. The molecule has 0 aliphatic rings. The second kappa shape index (κ2) is 6.39. The minimum atomic E-state index is -3.12. The van der Waals surface area contributed by atoms with E-state index in [1.54, 1.807) is 31.2 Å². The third-order valence-electron chi connectivity index (χ3n) is 2.39. The fourth-order valence-corrected chi connectivity index (χ4v) is 2.81. The summed E-state index contributed by atoms with van der Waals surface area (Å²) in [6.45, 7) is 1.79. The van der Waals surface area contributed by atoms with Crippen LogP contribution in [0.3, 0.4) is 0 Å². The summed E-state index contributed by atoms with van der Waals surface area (Å²) < 4.78 is 22.9. The zero-order valence-electron chi connectivity index (χ0n) is 10.3. The number of para-hydroxylation sites is 2. The van der Waals surface area contributed by atoms with Crippen LogP contribution in [0, 0.1) is 0 Å². The van der Waals surface area contributed by atoms with Crippen molar-refractivity contribution in [2.45, 2.75) is 19.8 Å². The van der Waals surface area contributed by atoms with Gasteiger partial charge >= 0.3 is 0 Å². The molecule has 5 nitrogen and oxygen atoms in total. The van der Waals surface area contributed by atoms with Gasteiger partial charge in [-0.25, -0.2) is 8.42 Å². The van der Waals surface area contributed by atoms with Gasteiger partial charge in [0.25, 0.3) is 0 Å². The van der Waals surface area contributed by atoms with Crippen LogP contribution in [-0.4, -0.2) is 25.8 Å². The first-order valence-electron chi connectivity index (χ1n) is 5.79. The molecule has 1 amide bonds. The maximum absolute atomic E-state index is 11.6. The van der Waals surface area contributed by atoms with Crippen molar-refractivity contribution >= 4 is 27.1 Å². The molecule has 0 spiro atoms. The summed E-state index contributed by atoms with van der Waals surface area (Å²) in [5.74, 6) is -0.347. The van der Waals surface area contributed by atoms with Crippen LogP contribution in [0.25, 0.3) is 0 Å². The van der Waals surface area contributed by atoms with Crippen molar-refractivity contribution in [3.63, 3.8) is 0 Å². The molecular weight excluding hydrogens is 252 g/mol. The highest BCUT2D eigenvalue weighted by atomic mass is 32.2. The van der Waals surface area contributed by atoms with Gasteiger partial charge in [0, 0.05) is 12.2 Å². The molecule has 18 heavy (non-hydrogen) atoms. The van der Waals surface area contributed by atoms with E-state index >= 15 is 0 Å². The Bertz CT molecular complexity index is 512. The standard InChI is InChI=1S/C12H18N2O3S/c1-2-8-18(16,17)9-7-12(15)14-11-6-4-3-5-10(11)13/h3-6H,2,7-9,13H2,1H3,(H,14,15). The number of nitrogens with one attached hydrogen (secondary N) is 1. The van der Waals surface area contributed by atoms with E-state index in [2.05, 4.69) is 5.32 Å². The zero-order valence-corrected chi connectivity index (χ0v) is 11.2. The minimum absolute atomic E-state index is 0.0450. The Kier molecular flexibility index (Phi) is 5.15. The van der Waals surface area contributed by atoms with E-state index in [0.29, 0.717) is 17.8 Å². The molecule has 0 atom stereocenters. The quantitative estimate of drug-likeness (QED) is 0.765. The summed E-state index contributed by atoms with van der Waals surface area (Å²) >= 11 is 0. The molecule has 1 rings (SSSR count). The number of amides is 1. The first kappa shape index (κ1) is 14.5. The van der Waals surface area contributed by atoms with Gasteiger partial charge in [0.05, 0.1) is 17.1 Å². The lowest BCUT2D eigenvalue weighted by Crippen LogP contribution is -2.19. The fourth-order valence-electron chi connectivity index (χ4n) is 1.48. The number of hydrogen-bond acceptors (Lipinski definition) is 4. The summed E-state index contributed by atoms with van der Waals surface area (Å²) in [4.78, 5) is 11.6. The number of anilines is 2. The predicted octanol–water partition coefficient (Wildman–Crippen LogP) is 1.42. The van der Waals surface area contributed by atoms with Crippen molar-refractivity contribution in [3.8, 4) is 0 Å². The summed E-state index contributed by atoms with van der Waals surface area (Å²) in [6, 6.07) is 6.85. The second-order valence-electron chi connectivity index (χ2n) is 4.04. The van der Waals surface area contributed by atoms with Crippen molar-refractivity contribution in [1.29, 1.82) is 0 Å². The van der Waals surface area contributed by atoms with Gasteiger partial charge in [-0.15, -0.1) is 0 Å². The van der Waals surface area contributed by atoms with E-state index in [9.17, 15) is 13.2 Å². The van der Waals surface area contributed by atoms with Crippen LogP contribution in [0.4, 0.5) is 11.4 Å². The number of carbonyl (C=O) groups excluding carboxylic acids is 1. The van der Waals surface area contributed by atoms with Crippen LogP contribution in [0.2, 0.25) is 0 Å². The summed E-state index contributed by atoms with van der Waals surface area (Å²) in [6.07, 6.45) is 0.520. The molecule has 0 unspecified atom stereocenters. The molecule has 0 bridgehead atoms. The average Bonchev–Trinajstić information content (AvgIpc) is 2.30. The molecular formula is C12H18N2O3S. The topological polar surface area (TPSA) is 89.3 Å².